The van der Waals surface area contributed by atoms with Crippen LogP contribution in [0.5, 0.6) is 5.75 Å². The highest BCUT2D eigenvalue weighted by Crippen LogP contribution is 2.21. The molecular weight excluding hydrogens is 334 g/mol. The lowest BCUT2D eigenvalue weighted by atomic mass is 9.94. The monoisotopic (exact) mass is 361 g/mol. The molecule has 7 heteroatoms. The summed E-state index contributed by atoms with van der Waals surface area (Å²) in [5.74, 6) is 0.486. The summed E-state index contributed by atoms with van der Waals surface area (Å²) in [4.78, 5) is 26.8. The molecule has 7 nitrogen and oxygen atoms in total. The van der Waals surface area contributed by atoms with Gasteiger partial charge < -0.3 is 25.4 Å². The molecule has 2 heterocycles. The van der Waals surface area contributed by atoms with E-state index >= 15 is 0 Å². The molecule has 0 radical (unpaired) electrons. The molecule has 1 atom stereocenters. The van der Waals surface area contributed by atoms with E-state index in [1.165, 1.54) is 0 Å². The van der Waals surface area contributed by atoms with Gasteiger partial charge in [0.1, 0.15) is 5.75 Å². The first-order valence-corrected chi connectivity index (χ1v) is 9.15. The number of likely N-dealkylation sites (tertiary alicyclic amines) is 1. The molecule has 1 aromatic carbocycles. The molecule has 1 aromatic rings. The zero-order valence-corrected chi connectivity index (χ0v) is 15.2. The summed E-state index contributed by atoms with van der Waals surface area (Å²) in [6.07, 6.45) is 1.93. The summed E-state index contributed by atoms with van der Waals surface area (Å²) in [6, 6.07) is 7.12. The number of hydrogen-bond donors (Lipinski definition) is 3. The minimum absolute atomic E-state index is 0.0289. The second-order valence-electron chi connectivity index (χ2n) is 7.17. The van der Waals surface area contributed by atoms with Crippen molar-refractivity contribution in [2.24, 2.45) is 5.92 Å². The largest absolute Gasteiger partial charge is 0.497 e. The van der Waals surface area contributed by atoms with Gasteiger partial charge in [-0.3, -0.25) is 9.59 Å². The van der Waals surface area contributed by atoms with Crippen LogP contribution in [0.3, 0.4) is 0 Å². The summed E-state index contributed by atoms with van der Waals surface area (Å²) in [5, 5.41) is 16.3. The van der Waals surface area contributed by atoms with Gasteiger partial charge in [0.15, 0.2) is 0 Å². The second-order valence-corrected chi connectivity index (χ2v) is 7.17. The molecule has 3 N–H and O–H groups in total. The summed E-state index contributed by atoms with van der Waals surface area (Å²) in [5.41, 5.74) is -0.234. The SMILES string of the molecule is COc1cccc(C(=O)N2CCC(C(=O)NC[C@@]3(O)CCNC3)CC2)c1. The van der Waals surface area contributed by atoms with Gasteiger partial charge in [0.25, 0.3) is 5.91 Å². The van der Waals surface area contributed by atoms with Gasteiger partial charge >= 0.3 is 0 Å². The summed E-state index contributed by atoms with van der Waals surface area (Å²) < 4.78 is 5.17. The number of β-amino-alcohol motifs (C(OH)–C–C–N with tert-alkyl or cyclic N) is 1. The van der Waals surface area contributed by atoms with Crippen LogP contribution in [0.15, 0.2) is 24.3 Å². The third-order valence-corrected chi connectivity index (χ3v) is 5.28. The Morgan fingerprint density at radius 1 is 1.38 bits per heavy atom. The third-order valence-electron chi connectivity index (χ3n) is 5.28. The number of ether oxygens (including phenoxy) is 1. The van der Waals surface area contributed by atoms with Crippen molar-refractivity contribution in [1.29, 1.82) is 0 Å². The van der Waals surface area contributed by atoms with E-state index in [-0.39, 0.29) is 24.3 Å². The van der Waals surface area contributed by atoms with Crippen LogP contribution in [-0.2, 0) is 4.79 Å². The van der Waals surface area contributed by atoms with Crippen molar-refractivity contribution in [1.82, 2.24) is 15.5 Å². The molecule has 142 valence electrons. The zero-order chi connectivity index (χ0) is 18.6. The van der Waals surface area contributed by atoms with Gasteiger partial charge in [-0.25, -0.2) is 0 Å². The van der Waals surface area contributed by atoms with E-state index in [1.54, 1.807) is 36.3 Å². The Morgan fingerprint density at radius 3 is 2.81 bits per heavy atom. The number of amides is 2. The average Bonchev–Trinajstić information content (AvgIpc) is 3.12. The molecule has 0 aliphatic carbocycles. The minimum Gasteiger partial charge on any atom is -0.497 e. The molecule has 0 bridgehead atoms. The molecule has 2 saturated heterocycles. The lowest BCUT2D eigenvalue weighted by Gasteiger charge is -2.32. The smallest absolute Gasteiger partial charge is 0.253 e. The topological polar surface area (TPSA) is 90.9 Å². The second kappa shape index (κ2) is 8.05. The molecule has 2 aliphatic rings. The van der Waals surface area contributed by atoms with E-state index in [0.717, 1.165) is 6.54 Å². The molecule has 2 fully saturated rings. The third kappa shape index (κ3) is 4.34. The van der Waals surface area contributed by atoms with E-state index in [4.69, 9.17) is 4.74 Å². The van der Waals surface area contributed by atoms with Gasteiger partial charge in [-0.1, -0.05) is 6.07 Å². The fourth-order valence-electron chi connectivity index (χ4n) is 3.56. The van der Waals surface area contributed by atoms with Crippen LogP contribution in [-0.4, -0.2) is 67.3 Å². The first-order valence-electron chi connectivity index (χ1n) is 9.15. The van der Waals surface area contributed by atoms with E-state index in [2.05, 4.69) is 10.6 Å². The Kier molecular flexibility index (Phi) is 5.78. The molecule has 0 aromatic heterocycles. The zero-order valence-electron chi connectivity index (χ0n) is 15.2. The van der Waals surface area contributed by atoms with Crippen molar-refractivity contribution in [3.8, 4) is 5.75 Å². The Balaban J connectivity index is 1.48. The van der Waals surface area contributed by atoms with Crippen LogP contribution < -0.4 is 15.4 Å². The molecule has 2 aliphatic heterocycles. The number of carbonyl (C=O) groups is 2. The number of piperidine rings is 1. The predicted molar refractivity (Wildman–Crippen MR) is 97.1 cm³/mol. The summed E-state index contributed by atoms with van der Waals surface area (Å²) in [6.45, 7) is 2.68. The number of aliphatic hydroxyl groups is 1. The quantitative estimate of drug-likeness (QED) is 0.706. The highest BCUT2D eigenvalue weighted by Gasteiger charge is 2.33. The molecular formula is C19H27N3O4. The number of methoxy groups -OCH3 is 1. The summed E-state index contributed by atoms with van der Waals surface area (Å²) >= 11 is 0. The van der Waals surface area contributed by atoms with Crippen LogP contribution in [0.1, 0.15) is 29.6 Å². The standard InChI is InChI=1S/C19H27N3O4/c1-26-16-4-2-3-15(11-16)18(24)22-9-5-14(6-10-22)17(23)21-13-19(25)7-8-20-12-19/h2-4,11,14,20,25H,5-10,12-13H2,1H3,(H,21,23)/t19-/m1/s1. The maximum Gasteiger partial charge on any atom is 0.253 e. The number of carbonyl (C=O) groups excluding carboxylic acids is 2. The normalized spacial score (nSPS) is 23.7. The van der Waals surface area contributed by atoms with Crippen molar-refractivity contribution in [3.05, 3.63) is 29.8 Å². The Hall–Kier alpha value is -2.12. The molecule has 0 spiro atoms. The van der Waals surface area contributed by atoms with Gasteiger partial charge in [-0.2, -0.15) is 0 Å². The molecule has 0 unspecified atom stereocenters. The van der Waals surface area contributed by atoms with Crippen LogP contribution in [0.25, 0.3) is 0 Å². The molecule has 26 heavy (non-hydrogen) atoms. The Morgan fingerprint density at radius 2 is 2.15 bits per heavy atom. The lowest BCUT2D eigenvalue weighted by Crippen LogP contribution is -2.48. The predicted octanol–water partition coefficient (Wildman–Crippen LogP) is 0.388. The maximum atomic E-state index is 12.6. The fourth-order valence-corrected chi connectivity index (χ4v) is 3.56. The van der Waals surface area contributed by atoms with E-state index in [9.17, 15) is 14.7 Å². The lowest BCUT2D eigenvalue weighted by molar-refractivity contribution is -0.127. The van der Waals surface area contributed by atoms with Crippen LogP contribution >= 0.6 is 0 Å². The first-order chi connectivity index (χ1) is 12.5. The Labute approximate surface area is 153 Å². The van der Waals surface area contributed by atoms with Gasteiger partial charge in [0.2, 0.25) is 5.91 Å². The molecule has 2 amide bonds. The highest BCUT2D eigenvalue weighted by atomic mass is 16.5. The Bertz CT molecular complexity index is 650. The first kappa shape index (κ1) is 18.7. The van der Waals surface area contributed by atoms with Crippen molar-refractivity contribution >= 4 is 11.8 Å². The van der Waals surface area contributed by atoms with Gasteiger partial charge in [0.05, 0.1) is 12.7 Å². The number of nitrogens with one attached hydrogen (secondary N) is 2. The van der Waals surface area contributed by atoms with Crippen molar-refractivity contribution in [3.63, 3.8) is 0 Å². The number of nitrogens with zero attached hydrogens (tertiary/aromatic N) is 1. The van der Waals surface area contributed by atoms with Crippen molar-refractivity contribution in [2.45, 2.75) is 24.9 Å². The van der Waals surface area contributed by atoms with E-state index in [1.807, 2.05) is 0 Å². The van der Waals surface area contributed by atoms with E-state index in [0.29, 0.717) is 50.2 Å². The summed E-state index contributed by atoms with van der Waals surface area (Å²) in [7, 11) is 1.58. The number of benzene rings is 1. The van der Waals surface area contributed by atoms with Gasteiger partial charge in [0, 0.05) is 37.7 Å². The highest BCUT2D eigenvalue weighted by molar-refractivity contribution is 5.94. The maximum absolute atomic E-state index is 12.6. The molecule has 3 rings (SSSR count). The van der Waals surface area contributed by atoms with Crippen molar-refractivity contribution < 1.29 is 19.4 Å². The van der Waals surface area contributed by atoms with Crippen molar-refractivity contribution in [2.75, 3.05) is 39.8 Å². The van der Waals surface area contributed by atoms with Crippen LogP contribution in [0, 0.1) is 5.92 Å². The average molecular weight is 361 g/mol. The molecule has 0 saturated carbocycles. The van der Waals surface area contributed by atoms with Crippen LogP contribution in [0.4, 0.5) is 0 Å². The number of rotatable bonds is 5. The van der Waals surface area contributed by atoms with E-state index < -0.39 is 5.60 Å². The van der Waals surface area contributed by atoms with Gasteiger partial charge in [-0.15, -0.1) is 0 Å². The van der Waals surface area contributed by atoms with Crippen LogP contribution in [0.2, 0.25) is 0 Å². The van der Waals surface area contributed by atoms with Gasteiger partial charge in [-0.05, 0) is 44.0 Å². The minimum atomic E-state index is -0.835. The fraction of sp³-hybridized carbons (Fsp3) is 0.579. The number of hydrogen-bond acceptors (Lipinski definition) is 5.